The number of aromatic nitrogens is 4. The van der Waals surface area contributed by atoms with Crippen LogP contribution in [-0.2, 0) is 6.42 Å². The molecule has 0 saturated carbocycles. The van der Waals surface area contributed by atoms with Crippen molar-refractivity contribution in [2.24, 2.45) is 0 Å². The maximum Gasteiger partial charge on any atom is 0.289 e. The predicted molar refractivity (Wildman–Crippen MR) is 89.6 cm³/mol. The second kappa shape index (κ2) is 6.43. The van der Waals surface area contributed by atoms with Crippen LogP contribution in [0.3, 0.4) is 0 Å². The highest BCUT2D eigenvalue weighted by Crippen LogP contribution is 2.29. The molecule has 3 aromatic heterocycles. The highest BCUT2D eigenvalue weighted by Gasteiger charge is 2.26. The van der Waals surface area contributed by atoms with Crippen LogP contribution in [0.4, 0.5) is 0 Å². The molecule has 1 aliphatic carbocycles. The molecule has 0 fully saturated rings. The Bertz CT molecular complexity index is 907. The summed E-state index contributed by atoms with van der Waals surface area (Å²) in [6, 6.07) is 3.67. The van der Waals surface area contributed by atoms with Crippen molar-refractivity contribution in [3.8, 4) is 11.4 Å². The summed E-state index contributed by atoms with van der Waals surface area (Å²) >= 11 is 0. The molecule has 0 spiro atoms. The predicted octanol–water partition coefficient (Wildman–Crippen LogP) is 2.64. The number of oxazole rings is 1. The highest BCUT2D eigenvalue weighted by molar-refractivity contribution is 5.92. The van der Waals surface area contributed by atoms with Crippen LogP contribution in [0.2, 0.25) is 0 Å². The number of amides is 1. The first-order valence-electron chi connectivity index (χ1n) is 8.19. The molecule has 4 rings (SSSR count). The number of carbonyl (C=O) groups is 1. The fourth-order valence-corrected chi connectivity index (χ4v) is 3.07. The normalized spacial score (nSPS) is 16.3. The molecule has 25 heavy (non-hydrogen) atoms. The third-order valence-corrected chi connectivity index (χ3v) is 4.36. The van der Waals surface area contributed by atoms with E-state index in [2.05, 4.69) is 25.3 Å². The molecule has 7 nitrogen and oxygen atoms in total. The van der Waals surface area contributed by atoms with Crippen LogP contribution in [0.1, 0.15) is 46.4 Å². The van der Waals surface area contributed by atoms with Gasteiger partial charge in [-0.25, -0.2) is 15.0 Å². The molecule has 7 heteroatoms. The van der Waals surface area contributed by atoms with Gasteiger partial charge in [0, 0.05) is 35.4 Å². The minimum atomic E-state index is -0.260. The molecular weight excluding hydrogens is 318 g/mol. The maximum absolute atomic E-state index is 12.4. The molecule has 1 unspecified atom stereocenters. The van der Waals surface area contributed by atoms with E-state index in [4.69, 9.17) is 4.42 Å². The van der Waals surface area contributed by atoms with E-state index < -0.39 is 0 Å². The lowest BCUT2D eigenvalue weighted by Crippen LogP contribution is -2.31. The zero-order valence-corrected chi connectivity index (χ0v) is 13.8. The number of hydrogen-bond acceptors (Lipinski definition) is 6. The van der Waals surface area contributed by atoms with Gasteiger partial charge in [0.25, 0.3) is 5.91 Å². The van der Waals surface area contributed by atoms with E-state index >= 15 is 0 Å². The Hall–Kier alpha value is -3.09. The van der Waals surface area contributed by atoms with Crippen molar-refractivity contribution in [1.29, 1.82) is 0 Å². The van der Waals surface area contributed by atoms with E-state index in [1.54, 1.807) is 19.3 Å². The summed E-state index contributed by atoms with van der Waals surface area (Å²) in [5.41, 5.74) is 3.40. The van der Waals surface area contributed by atoms with Crippen LogP contribution in [0.25, 0.3) is 11.4 Å². The van der Waals surface area contributed by atoms with Gasteiger partial charge in [0.2, 0.25) is 5.76 Å². The number of carbonyl (C=O) groups excluding carboxylic acids is 1. The van der Waals surface area contributed by atoms with Crippen molar-refractivity contribution < 1.29 is 9.21 Å². The Morgan fingerprint density at radius 1 is 1.32 bits per heavy atom. The fourth-order valence-electron chi connectivity index (χ4n) is 3.07. The lowest BCUT2D eigenvalue weighted by Gasteiger charge is -2.25. The van der Waals surface area contributed by atoms with Crippen molar-refractivity contribution in [3.63, 3.8) is 0 Å². The highest BCUT2D eigenvalue weighted by atomic mass is 16.3. The van der Waals surface area contributed by atoms with Gasteiger partial charge in [-0.15, -0.1) is 0 Å². The van der Waals surface area contributed by atoms with E-state index in [0.29, 0.717) is 11.5 Å². The second-order valence-corrected chi connectivity index (χ2v) is 6.02. The summed E-state index contributed by atoms with van der Waals surface area (Å²) in [6.45, 7) is 1.75. The quantitative estimate of drug-likeness (QED) is 0.791. The molecule has 0 bridgehead atoms. The lowest BCUT2D eigenvalue weighted by molar-refractivity contribution is 0.0903. The molecule has 0 aromatic carbocycles. The van der Waals surface area contributed by atoms with Gasteiger partial charge >= 0.3 is 0 Å². The summed E-state index contributed by atoms with van der Waals surface area (Å²) in [5, 5.41) is 3.01. The van der Waals surface area contributed by atoms with Gasteiger partial charge in [0.15, 0.2) is 12.2 Å². The van der Waals surface area contributed by atoms with Crippen LogP contribution in [-0.4, -0.2) is 25.8 Å². The van der Waals surface area contributed by atoms with Gasteiger partial charge in [-0.3, -0.25) is 9.78 Å². The molecule has 3 heterocycles. The monoisotopic (exact) mass is 335 g/mol. The zero-order chi connectivity index (χ0) is 17.2. The Labute approximate surface area is 144 Å². The largest absolute Gasteiger partial charge is 0.438 e. The first-order chi connectivity index (χ1) is 12.2. The molecule has 1 aliphatic rings. The molecule has 0 aliphatic heterocycles. The van der Waals surface area contributed by atoms with Gasteiger partial charge in [-0.1, -0.05) is 0 Å². The van der Waals surface area contributed by atoms with Gasteiger partial charge in [0.1, 0.15) is 0 Å². The number of nitrogens with one attached hydrogen (secondary N) is 1. The van der Waals surface area contributed by atoms with Crippen molar-refractivity contribution in [3.05, 3.63) is 59.8 Å². The molecule has 1 amide bonds. The average Bonchev–Trinajstić information content (AvgIpc) is 3.08. The third-order valence-electron chi connectivity index (χ3n) is 4.36. The Morgan fingerprint density at radius 3 is 3.00 bits per heavy atom. The van der Waals surface area contributed by atoms with Crippen molar-refractivity contribution in [2.75, 3.05) is 0 Å². The number of aryl methyl sites for hydroxylation is 2. The maximum atomic E-state index is 12.4. The molecule has 1 N–H and O–H groups in total. The number of fused-ring (bicyclic) bond motifs is 1. The van der Waals surface area contributed by atoms with E-state index in [9.17, 15) is 4.79 Å². The number of pyridine rings is 1. The van der Waals surface area contributed by atoms with E-state index in [1.165, 1.54) is 6.39 Å². The molecule has 0 radical (unpaired) electrons. The van der Waals surface area contributed by atoms with Gasteiger partial charge in [-0.2, -0.15) is 0 Å². The number of rotatable bonds is 3. The summed E-state index contributed by atoms with van der Waals surface area (Å²) in [5.74, 6) is 0.647. The van der Waals surface area contributed by atoms with Crippen molar-refractivity contribution in [1.82, 2.24) is 25.3 Å². The lowest BCUT2D eigenvalue weighted by atomic mass is 9.92. The first-order valence-corrected chi connectivity index (χ1v) is 8.19. The van der Waals surface area contributed by atoms with Crippen molar-refractivity contribution >= 4 is 5.91 Å². The molecule has 1 atom stereocenters. The van der Waals surface area contributed by atoms with Gasteiger partial charge < -0.3 is 9.73 Å². The molecule has 0 saturated heterocycles. The second-order valence-electron chi connectivity index (χ2n) is 6.02. The van der Waals surface area contributed by atoms with Gasteiger partial charge in [-0.05, 0) is 38.3 Å². The minimum absolute atomic E-state index is 0.122. The first kappa shape index (κ1) is 15.4. The zero-order valence-electron chi connectivity index (χ0n) is 13.8. The summed E-state index contributed by atoms with van der Waals surface area (Å²) in [4.78, 5) is 29.6. The van der Waals surface area contributed by atoms with Crippen LogP contribution in [0, 0.1) is 6.92 Å². The Morgan fingerprint density at radius 2 is 2.24 bits per heavy atom. The minimum Gasteiger partial charge on any atom is -0.438 e. The molecule has 126 valence electrons. The third kappa shape index (κ3) is 3.00. The summed E-state index contributed by atoms with van der Waals surface area (Å²) < 4.78 is 5.17. The number of hydrogen-bond donors (Lipinski definition) is 1. The molecular formula is C18H17N5O2. The standard InChI is InChI=1S/C18H17N5O2/c1-11-16(25-10-21-11)18(24)23-15-6-2-5-14-13(15)9-20-17(22-14)12-4-3-7-19-8-12/h3-4,7-10,15H,2,5-6H2,1H3,(H,23,24). The SMILES string of the molecule is Cc1ncoc1C(=O)NC1CCCc2nc(-c3cccnc3)ncc21. The van der Waals surface area contributed by atoms with E-state index in [1.807, 2.05) is 18.3 Å². The van der Waals surface area contributed by atoms with Crippen molar-refractivity contribution in [2.45, 2.75) is 32.2 Å². The van der Waals surface area contributed by atoms with Crippen LogP contribution in [0.15, 0.2) is 41.5 Å². The Kier molecular flexibility index (Phi) is 3.97. The smallest absolute Gasteiger partial charge is 0.289 e. The Balaban J connectivity index is 1.60. The summed E-state index contributed by atoms with van der Waals surface area (Å²) in [7, 11) is 0. The van der Waals surface area contributed by atoms with E-state index in [0.717, 1.165) is 36.1 Å². The topological polar surface area (TPSA) is 93.8 Å². The van der Waals surface area contributed by atoms with Crippen LogP contribution >= 0.6 is 0 Å². The van der Waals surface area contributed by atoms with Crippen LogP contribution in [0.5, 0.6) is 0 Å². The van der Waals surface area contributed by atoms with E-state index in [-0.39, 0.29) is 17.7 Å². The number of nitrogens with zero attached hydrogens (tertiary/aromatic N) is 4. The average molecular weight is 335 g/mol. The fraction of sp³-hybridized carbons (Fsp3) is 0.278. The van der Waals surface area contributed by atoms with Crippen LogP contribution < -0.4 is 5.32 Å². The summed E-state index contributed by atoms with van der Waals surface area (Å²) in [6.07, 6.45) is 9.23. The molecule has 3 aromatic rings. The van der Waals surface area contributed by atoms with Gasteiger partial charge in [0.05, 0.1) is 11.7 Å².